The molecule has 0 aromatic heterocycles. The zero-order valence-corrected chi connectivity index (χ0v) is 19.0. The minimum Gasteiger partial charge on any atom is -0.463 e. The minimum absolute atomic E-state index is 0.242. The van der Waals surface area contributed by atoms with Crippen LogP contribution in [0.1, 0.15) is 66.7 Å². The summed E-state index contributed by atoms with van der Waals surface area (Å²) in [6, 6.07) is -0.921. The van der Waals surface area contributed by atoms with Crippen molar-refractivity contribution < 1.29 is 42.9 Å². The molecule has 0 aliphatic carbocycles. The molecular weight excluding hydrogens is 410 g/mol. The van der Waals surface area contributed by atoms with Gasteiger partial charge in [0.25, 0.3) is 0 Å². The van der Waals surface area contributed by atoms with Crippen LogP contribution in [-0.2, 0) is 42.9 Å². The van der Waals surface area contributed by atoms with Crippen LogP contribution in [0.3, 0.4) is 0 Å². The molecule has 10 nitrogen and oxygen atoms in total. The molecule has 1 fully saturated rings. The van der Waals surface area contributed by atoms with Gasteiger partial charge in [-0.25, -0.2) is 0 Å². The van der Waals surface area contributed by atoms with Crippen molar-refractivity contribution in [3.05, 3.63) is 0 Å². The van der Waals surface area contributed by atoms with Crippen LogP contribution >= 0.6 is 0 Å². The second-order valence-electron chi connectivity index (χ2n) is 7.50. The summed E-state index contributed by atoms with van der Waals surface area (Å²) in [5.41, 5.74) is 0. The maximum absolute atomic E-state index is 11.8. The van der Waals surface area contributed by atoms with E-state index >= 15 is 0 Å². The van der Waals surface area contributed by atoms with Crippen molar-refractivity contribution in [3.63, 3.8) is 0 Å². The molecule has 1 aliphatic heterocycles. The Morgan fingerprint density at radius 3 is 2.00 bits per heavy atom. The predicted octanol–water partition coefficient (Wildman–Crippen LogP) is 1.63. The summed E-state index contributed by atoms with van der Waals surface area (Å²) in [6.45, 7) is 7.18. The lowest BCUT2D eigenvalue weighted by Crippen LogP contribution is -2.66. The molecule has 0 unspecified atom stereocenters. The molecule has 178 valence electrons. The summed E-state index contributed by atoms with van der Waals surface area (Å²) in [5.74, 6) is -2.23. The first-order chi connectivity index (χ1) is 14.6. The van der Waals surface area contributed by atoms with E-state index in [0.717, 1.165) is 32.1 Å². The second kappa shape index (κ2) is 14.0. The third kappa shape index (κ3) is 10.1. The normalized spacial score (nSPS) is 25.4. The second-order valence-corrected chi connectivity index (χ2v) is 7.50. The van der Waals surface area contributed by atoms with Gasteiger partial charge in [0.1, 0.15) is 18.8 Å². The van der Waals surface area contributed by atoms with E-state index in [4.69, 9.17) is 23.7 Å². The quantitative estimate of drug-likeness (QED) is 0.271. The Balaban J connectivity index is 3.07. The number of nitrogens with one attached hydrogen (secondary N) is 1. The summed E-state index contributed by atoms with van der Waals surface area (Å²) in [5, 5.41) is 2.67. The Hall–Kier alpha value is -2.20. The highest BCUT2D eigenvalue weighted by Gasteiger charge is 2.51. The SMILES string of the molecule is CCCCCCCO[C@@H]1O[C@H](COC(C)=O)[C@H](OC(C)=O)[C@H](OC(C)=O)[C@@H]1NC(C)=O. The van der Waals surface area contributed by atoms with Crippen LogP contribution in [0.2, 0.25) is 0 Å². The maximum atomic E-state index is 11.8. The zero-order chi connectivity index (χ0) is 23.4. The Kier molecular flexibility index (Phi) is 12.1. The molecule has 1 amide bonds. The van der Waals surface area contributed by atoms with Crippen molar-refractivity contribution >= 4 is 23.8 Å². The van der Waals surface area contributed by atoms with Gasteiger partial charge >= 0.3 is 17.9 Å². The Labute approximate surface area is 183 Å². The van der Waals surface area contributed by atoms with Gasteiger partial charge in [-0.1, -0.05) is 32.6 Å². The Morgan fingerprint density at radius 2 is 1.45 bits per heavy atom. The van der Waals surface area contributed by atoms with Gasteiger partial charge < -0.3 is 29.0 Å². The number of unbranched alkanes of at least 4 members (excludes halogenated alkanes) is 4. The van der Waals surface area contributed by atoms with E-state index < -0.39 is 54.5 Å². The van der Waals surface area contributed by atoms with E-state index in [2.05, 4.69) is 12.2 Å². The van der Waals surface area contributed by atoms with Gasteiger partial charge in [0.2, 0.25) is 5.91 Å². The van der Waals surface area contributed by atoms with Crippen LogP contribution in [0.25, 0.3) is 0 Å². The first-order valence-electron chi connectivity index (χ1n) is 10.7. The molecule has 0 saturated carbocycles. The lowest BCUT2D eigenvalue weighted by molar-refractivity contribution is -0.277. The van der Waals surface area contributed by atoms with Gasteiger partial charge in [0, 0.05) is 34.3 Å². The number of esters is 3. The van der Waals surface area contributed by atoms with E-state index in [1.807, 2.05) is 0 Å². The lowest BCUT2D eigenvalue weighted by atomic mass is 9.96. The van der Waals surface area contributed by atoms with Gasteiger partial charge in [0.15, 0.2) is 18.5 Å². The van der Waals surface area contributed by atoms with Gasteiger partial charge in [0.05, 0.1) is 0 Å². The number of hydrogen-bond acceptors (Lipinski definition) is 9. The summed E-state index contributed by atoms with van der Waals surface area (Å²) in [7, 11) is 0. The summed E-state index contributed by atoms with van der Waals surface area (Å²) >= 11 is 0. The average Bonchev–Trinajstić information content (AvgIpc) is 2.66. The van der Waals surface area contributed by atoms with Crippen molar-refractivity contribution in [2.24, 2.45) is 0 Å². The molecular formula is C21H35NO9. The van der Waals surface area contributed by atoms with Crippen LogP contribution in [0.4, 0.5) is 0 Å². The molecule has 31 heavy (non-hydrogen) atoms. The molecule has 1 N–H and O–H groups in total. The molecule has 0 aromatic rings. The van der Waals surface area contributed by atoms with E-state index in [1.54, 1.807) is 0 Å². The molecule has 1 rings (SSSR count). The molecule has 0 spiro atoms. The molecule has 0 aromatic carbocycles. The first-order valence-corrected chi connectivity index (χ1v) is 10.7. The molecule has 0 radical (unpaired) electrons. The number of carbonyl (C=O) groups is 4. The molecule has 0 bridgehead atoms. The molecule has 10 heteroatoms. The minimum atomic E-state index is -1.11. The topological polar surface area (TPSA) is 126 Å². The van der Waals surface area contributed by atoms with Crippen LogP contribution in [0.5, 0.6) is 0 Å². The van der Waals surface area contributed by atoms with Crippen molar-refractivity contribution in [3.8, 4) is 0 Å². The maximum Gasteiger partial charge on any atom is 0.303 e. The van der Waals surface area contributed by atoms with E-state index in [9.17, 15) is 19.2 Å². The van der Waals surface area contributed by atoms with Crippen molar-refractivity contribution in [1.82, 2.24) is 5.32 Å². The summed E-state index contributed by atoms with van der Waals surface area (Å²) in [6.07, 6.45) is 0.957. The van der Waals surface area contributed by atoms with Crippen LogP contribution in [0, 0.1) is 0 Å². The van der Waals surface area contributed by atoms with E-state index in [0.29, 0.717) is 6.61 Å². The van der Waals surface area contributed by atoms with E-state index in [1.165, 1.54) is 27.7 Å². The molecule has 1 aliphatic rings. The number of amides is 1. The van der Waals surface area contributed by atoms with E-state index in [-0.39, 0.29) is 6.61 Å². The number of rotatable bonds is 12. The number of hydrogen-bond donors (Lipinski definition) is 1. The summed E-state index contributed by atoms with van der Waals surface area (Å²) < 4.78 is 27.6. The lowest BCUT2D eigenvalue weighted by Gasteiger charge is -2.44. The van der Waals surface area contributed by atoms with Gasteiger partial charge in [-0.3, -0.25) is 19.2 Å². The third-order valence-electron chi connectivity index (χ3n) is 4.60. The molecule has 1 heterocycles. The fourth-order valence-electron chi connectivity index (χ4n) is 3.34. The standard InChI is InChI=1S/C21H35NO9/c1-6-7-8-9-10-11-27-21-18(22-13(2)23)20(30-16(5)26)19(29-15(4)25)17(31-21)12-28-14(3)24/h17-21H,6-12H2,1-5H3,(H,22,23)/t17-,18+,19+,20-,21-/m1/s1. The molecule has 5 atom stereocenters. The largest absolute Gasteiger partial charge is 0.463 e. The highest BCUT2D eigenvalue weighted by atomic mass is 16.7. The first kappa shape index (κ1) is 26.8. The van der Waals surface area contributed by atoms with Crippen molar-refractivity contribution in [2.45, 2.75) is 97.4 Å². The zero-order valence-electron chi connectivity index (χ0n) is 19.0. The van der Waals surface area contributed by atoms with Crippen LogP contribution in [-0.4, -0.2) is 67.7 Å². The smallest absolute Gasteiger partial charge is 0.303 e. The average molecular weight is 446 g/mol. The van der Waals surface area contributed by atoms with Crippen molar-refractivity contribution in [1.29, 1.82) is 0 Å². The number of carbonyl (C=O) groups excluding carboxylic acids is 4. The predicted molar refractivity (Wildman–Crippen MR) is 109 cm³/mol. The fourth-order valence-corrected chi connectivity index (χ4v) is 3.34. The summed E-state index contributed by atoms with van der Waals surface area (Å²) in [4.78, 5) is 46.6. The van der Waals surface area contributed by atoms with Gasteiger partial charge in [-0.15, -0.1) is 0 Å². The van der Waals surface area contributed by atoms with Crippen LogP contribution < -0.4 is 5.32 Å². The Bertz CT molecular complexity index is 610. The molecule has 1 saturated heterocycles. The van der Waals surface area contributed by atoms with Gasteiger partial charge in [-0.2, -0.15) is 0 Å². The fraction of sp³-hybridized carbons (Fsp3) is 0.810. The third-order valence-corrected chi connectivity index (χ3v) is 4.60. The Morgan fingerprint density at radius 1 is 0.839 bits per heavy atom. The monoisotopic (exact) mass is 445 g/mol. The van der Waals surface area contributed by atoms with Crippen LogP contribution in [0.15, 0.2) is 0 Å². The highest BCUT2D eigenvalue weighted by Crippen LogP contribution is 2.28. The van der Waals surface area contributed by atoms with Gasteiger partial charge in [-0.05, 0) is 6.42 Å². The van der Waals surface area contributed by atoms with Crippen molar-refractivity contribution in [2.75, 3.05) is 13.2 Å². The number of ether oxygens (including phenoxy) is 5. The highest BCUT2D eigenvalue weighted by molar-refractivity contribution is 5.73.